The number of rotatable bonds is 7. The van der Waals surface area contributed by atoms with Crippen molar-refractivity contribution in [2.24, 2.45) is 5.92 Å². The second-order valence-corrected chi connectivity index (χ2v) is 6.05. The first-order chi connectivity index (χ1) is 13.2. The fourth-order valence-electron chi connectivity index (χ4n) is 3.20. The van der Waals surface area contributed by atoms with E-state index in [1.807, 2.05) is 24.3 Å². The summed E-state index contributed by atoms with van der Waals surface area (Å²) >= 11 is 0. The van der Waals surface area contributed by atoms with Crippen molar-refractivity contribution in [2.75, 3.05) is 28.4 Å². The number of benzene rings is 2. The number of hydrogen-bond donors (Lipinski definition) is 0. The molecular formula is C23H24O4. The molecule has 0 fully saturated rings. The Kier molecular flexibility index (Phi) is 5.87. The SMILES string of the molecule is COc1ccc(/C(=C/c2ccc(OC)c(OC)c2OC)C2C=CC=C2)cc1. The lowest BCUT2D eigenvalue weighted by Gasteiger charge is -2.17. The van der Waals surface area contributed by atoms with Gasteiger partial charge in [0.1, 0.15) is 5.75 Å². The van der Waals surface area contributed by atoms with E-state index in [-0.39, 0.29) is 5.92 Å². The molecule has 0 amide bonds. The zero-order valence-electron chi connectivity index (χ0n) is 16.1. The minimum absolute atomic E-state index is 0.191. The van der Waals surface area contributed by atoms with E-state index in [2.05, 4.69) is 42.5 Å². The Morgan fingerprint density at radius 3 is 1.96 bits per heavy atom. The Morgan fingerprint density at radius 2 is 1.41 bits per heavy atom. The van der Waals surface area contributed by atoms with Crippen LogP contribution < -0.4 is 18.9 Å². The second kappa shape index (κ2) is 8.49. The van der Waals surface area contributed by atoms with Gasteiger partial charge in [0.15, 0.2) is 11.5 Å². The molecule has 27 heavy (non-hydrogen) atoms. The number of allylic oxidation sites excluding steroid dienone is 5. The van der Waals surface area contributed by atoms with Gasteiger partial charge in [0.05, 0.1) is 28.4 Å². The van der Waals surface area contributed by atoms with Crippen LogP contribution in [0.25, 0.3) is 11.6 Å². The summed E-state index contributed by atoms with van der Waals surface area (Å²) in [5, 5.41) is 0. The van der Waals surface area contributed by atoms with Crippen LogP contribution >= 0.6 is 0 Å². The van der Waals surface area contributed by atoms with Crippen LogP contribution in [0.1, 0.15) is 11.1 Å². The van der Waals surface area contributed by atoms with Gasteiger partial charge in [-0.25, -0.2) is 0 Å². The van der Waals surface area contributed by atoms with Crippen molar-refractivity contribution in [1.29, 1.82) is 0 Å². The van der Waals surface area contributed by atoms with Gasteiger partial charge in [-0.3, -0.25) is 0 Å². The third-order valence-electron chi connectivity index (χ3n) is 4.58. The zero-order valence-corrected chi connectivity index (χ0v) is 16.1. The first-order valence-corrected chi connectivity index (χ1v) is 8.71. The quantitative estimate of drug-likeness (QED) is 0.648. The molecule has 0 saturated carbocycles. The Balaban J connectivity index is 2.13. The van der Waals surface area contributed by atoms with Gasteiger partial charge in [-0.2, -0.15) is 0 Å². The molecule has 0 aliphatic heterocycles. The standard InChI is InChI=1S/C23H24O4/c1-24-19-12-9-17(10-13-19)20(16-7-5-6-8-16)15-18-11-14-21(25-2)23(27-4)22(18)26-3/h5-16H,1-4H3/b20-15+. The summed E-state index contributed by atoms with van der Waals surface area (Å²) in [7, 11) is 6.53. The van der Waals surface area contributed by atoms with Crippen LogP contribution in [0.3, 0.4) is 0 Å². The van der Waals surface area contributed by atoms with Gasteiger partial charge in [0.2, 0.25) is 5.75 Å². The molecule has 0 atom stereocenters. The highest BCUT2D eigenvalue weighted by Crippen LogP contribution is 2.42. The molecule has 0 unspecified atom stereocenters. The average molecular weight is 364 g/mol. The van der Waals surface area contributed by atoms with E-state index in [0.29, 0.717) is 17.2 Å². The molecule has 140 valence electrons. The van der Waals surface area contributed by atoms with E-state index in [9.17, 15) is 0 Å². The Bertz CT molecular complexity index is 864. The fourth-order valence-corrected chi connectivity index (χ4v) is 3.20. The first-order valence-electron chi connectivity index (χ1n) is 8.71. The number of ether oxygens (including phenoxy) is 4. The molecule has 0 aromatic heterocycles. The minimum Gasteiger partial charge on any atom is -0.497 e. The van der Waals surface area contributed by atoms with Crippen molar-refractivity contribution in [1.82, 2.24) is 0 Å². The van der Waals surface area contributed by atoms with Crippen LogP contribution in [-0.4, -0.2) is 28.4 Å². The minimum atomic E-state index is 0.191. The molecule has 1 aliphatic carbocycles. The van der Waals surface area contributed by atoms with Crippen molar-refractivity contribution in [3.63, 3.8) is 0 Å². The fraction of sp³-hybridized carbons (Fsp3) is 0.217. The van der Waals surface area contributed by atoms with Gasteiger partial charge in [0, 0.05) is 11.5 Å². The highest BCUT2D eigenvalue weighted by atomic mass is 16.5. The first kappa shape index (κ1) is 18.6. The largest absolute Gasteiger partial charge is 0.497 e. The molecular weight excluding hydrogens is 340 g/mol. The molecule has 0 bridgehead atoms. The summed E-state index contributed by atoms with van der Waals surface area (Å²) in [5.41, 5.74) is 3.21. The maximum Gasteiger partial charge on any atom is 0.203 e. The van der Waals surface area contributed by atoms with Crippen molar-refractivity contribution < 1.29 is 18.9 Å². The Morgan fingerprint density at radius 1 is 0.741 bits per heavy atom. The lowest BCUT2D eigenvalue weighted by atomic mass is 9.91. The highest BCUT2D eigenvalue weighted by molar-refractivity contribution is 5.87. The number of hydrogen-bond acceptors (Lipinski definition) is 4. The molecule has 0 heterocycles. The molecule has 4 nitrogen and oxygen atoms in total. The summed E-state index contributed by atoms with van der Waals surface area (Å²) in [6.07, 6.45) is 10.6. The van der Waals surface area contributed by atoms with Crippen LogP contribution in [-0.2, 0) is 0 Å². The van der Waals surface area contributed by atoms with Gasteiger partial charge in [-0.15, -0.1) is 0 Å². The maximum atomic E-state index is 5.64. The molecule has 0 spiro atoms. The van der Waals surface area contributed by atoms with Gasteiger partial charge >= 0.3 is 0 Å². The third kappa shape index (κ3) is 3.85. The van der Waals surface area contributed by atoms with E-state index in [0.717, 1.165) is 22.4 Å². The molecule has 4 heteroatoms. The van der Waals surface area contributed by atoms with E-state index in [1.54, 1.807) is 28.4 Å². The Labute approximate surface area is 160 Å². The monoisotopic (exact) mass is 364 g/mol. The van der Waals surface area contributed by atoms with Crippen molar-refractivity contribution in [3.05, 3.63) is 71.8 Å². The predicted octanol–water partition coefficient (Wildman–Crippen LogP) is 5.00. The summed E-state index contributed by atoms with van der Waals surface area (Å²) in [6.45, 7) is 0. The van der Waals surface area contributed by atoms with E-state index in [1.165, 1.54) is 0 Å². The lowest BCUT2D eigenvalue weighted by Crippen LogP contribution is -1.99. The van der Waals surface area contributed by atoms with Gasteiger partial charge in [-0.05, 0) is 41.5 Å². The van der Waals surface area contributed by atoms with E-state index >= 15 is 0 Å². The van der Waals surface area contributed by atoms with Crippen molar-refractivity contribution in [2.45, 2.75) is 0 Å². The normalized spacial score (nSPS) is 13.7. The molecule has 0 N–H and O–H groups in total. The van der Waals surface area contributed by atoms with Crippen molar-refractivity contribution >= 4 is 11.6 Å². The maximum absolute atomic E-state index is 5.64. The van der Waals surface area contributed by atoms with Gasteiger partial charge < -0.3 is 18.9 Å². The summed E-state index contributed by atoms with van der Waals surface area (Å²) in [5.74, 6) is 2.89. The molecule has 0 radical (unpaired) electrons. The van der Waals surface area contributed by atoms with E-state index < -0.39 is 0 Å². The van der Waals surface area contributed by atoms with Crippen LogP contribution in [0, 0.1) is 5.92 Å². The van der Waals surface area contributed by atoms with Crippen LogP contribution in [0.5, 0.6) is 23.0 Å². The molecule has 3 rings (SSSR count). The molecule has 2 aromatic rings. The predicted molar refractivity (Wildman–Crippen MR) is 109 cm³/mol. The van der Waals surface area contributed by atoms with Crippen LogP contribution in [0.2, 0.25) is 0 Å². The molecule has 1 aliphatic rings. The molecule has 2 aromatic carbocycles. The molecule has 0 saturated heterocycles. The third-order valence-corrected chi connectivity index (χ3v) is 4.58. The second-order valence-electron chi connectivity index (χ2n) is 6.05. The van der Waals surface area contributed by atoms with Gasteiger partial charge in [0.25, 0.3) is 0 Å². The summed E-state index contributed by atoms with van der Waals surface area (Å²) in [4.78, 5) is 0. The van der Waals surface area contributed by atoms with Crippen LogP contribution in [0.15, 0.2) is 60.7 Å². The zero-order chi connectivity index (χ0) is 19.2. The topological polar surface area (TPSA) is 36.9 Å². The van der Waals surface area contributed by atoms with Gasteiger partial charge in [-0.1, -0.05) is 36.4 Å². The van der Waals surface area contributed by atoms with Crippen LogP contribution in [0.4, 0.5) is 0 Å². The summed E-state index contributed by atoms with van der Waals surface area (Å²) in [6, 6.07) is 11.9. The highest BCUT2D eigenvalue weighted by Gasteiger charge is 2.18. The number of methoxy groups -OCH3 is 4. The lowest BCUT2D eigenvalue weighted by molar-refractivity contribution is 0.324. The smallest absolute Gasteiger partial charge is 0.203 e. The average Bonchev–Trinajstić information content (AvgIpc) is 3.25. The van der Waals surface area contributed by atoms with Crippen molar-refractivity contribution in [3.8, 4) is 23.0 Å². The Hall–Kier alpha value is -3.14. The van der Waals surface area contributed by atoms with E-state index in [4.69, 9.17) is 18.9 Å². The summed E-state index contributed by atoms with van der Waals surface area (Å²) < 4.78 is 21.8.